The van der Waals surface area contributed by atoms with Gasteiger partial charge in [0.05, 0.1) is 0 Å². The van der Waals surface area contributed by atoms with E-state index in [2.05, 4.69) is 103 Å². The van der Waals surface area contributed by atoms with E-state index in [9.17, 15) is 0 Å². The largest absolute Gasteiger partial charge is 0.456 e. The van der Waals surface area contributed by atoms with Gasteiger partial charge in [0.25, 0.3) is 0 Å². The number of benzene rings is 8. The molecule has 0 radical (unpaired) electrons. The fraction of sp³-hybridized carbons (Fsp3) is 0. The van der Waals surface area contributed by atoms with Crippen LogP contribution in [0.4, 0.5) is 0 Å². The molecule has 4 nitrogen and oxygen atoms in total. The monoisotopic (exact) mass is 651 g/mol. The van der Waals surface area contributed by atoms with Gasteiger partial charge >= 0.3 is 0 Å². The van der Waals surface area contributed by atoms with E-state index in [4.69, 9.17) is 19.4 Å². The minimum absolute atomic E-state index is 0.604. The average molecular weight is 652 g/mol. The Morgan fingerprint density at radius 3 is 1.65 bits per heavy atom. The maximum atomic E-state index is 6.43. The first-order valence-electron chi connectivity index (χ1n) is 17.1. The predicted octanol–water partition coefficient (Wildman–Crippen LogP) is 12.4. The lowest BCUT2D eigenvalue weighted by molar-refractivity contribution is 0.669. The van der Waals surface area contributed by atoms with Gasteiger partial charge in [-0.3, -0.25) is 0 Å². The second kappa shape index (κ2) is 11.9. The molecule has 0 aliphatic carbocycles. The summed E-state index contributed by atoms with van der Waals surface area (Å²) >= 11 is 0. The van der Waals surface area contributed by atoms with Gasteiger partial charge in [-0.1, -0.05) is 146 Å². The first-order valence-corrected chi connectivity index (χ1v) is 17.1. The minimum atomic E-state index is 0.604. The molecular weight excluding hydrogens is 623 g/mol. The normalized spacial score (nSPS) is 11.5. The summed E-state index contributed by atoms with van der Waals surface area (Å²) in [5, 5.41) is 7.04. The van der Waals surface area contributed by atoms with Gasteiger partial charge in [-0.25, -0.2) is 15.0 Å². The molecule has 2 aromatic heterocycles. The maximum Gasteiger partial charge on any atom is 0.164 e. The zero-order chi connectivity index (χ0) is 33.7. The van der Waals surface area contributed by atoms with E-state index in [1.54, 1.807) is 0 Å². The van der Waals surface area contributed by atoms with Crippen LogP contribution >= 0.6 is 0 Å². The Hall–Kier alpha value is -6.91. The van der Waals surface area contributed by atoms with Crippen LogP contribution in [0.25, 0.3) is 99.9 Å². The Morgan fingerprint density at radius 2 is 0.882 bits per heavy atom. The molecule has 0 atom stereocenters. The van der Waals surface area contributed by atoms with Crippen molar-refractivity contribution in [1.82, 2.24) is 15.0 Å². The molecule has 0 amide bonds. The van der Waals surface area contributed by atoms with Gasteiger partial charge < -0.3 is 4.42 Å². The zero-order valence-electron chi connectivity index (χ0n) is 27.5. The number of aromatic nitrogens is 3. The molecule has 0 fully saturated rings. The molecule has 8 aromatic carbocycles. The van der Waals surface area contributed by atoms with E-state index in [1.165, 1.54) is 32.7 Å². The first kappa shape index (κ1) is 29.0. The molecule has 0 saturated heterocycles. The molecular formula is C47H29N3O. The lowest BCUT2D eigenvalue weighted by Gasteiger charge is -2.10. The zero-order valence-corrected chi connectivity index (χ0v) is 27.5. The lowest BCUT2D eigenvalue weighted by atomic mass is 9.95. The van der Waals surface area contributed by atoms with Gasteiger partial charge in [-0.05, 0) is 74.1 Å². The Labute approximate surface area is 294 Å². The first-order chi connectivity index (χ1) is 25.2. The third-order valence-electron chi connectivity index (χ3n) is 9.71. The van der Waals surface area contributed by atoms with Crippen molar-refractivity contribution in [3.63, 3.8) is 0 Å². The highest BCUT2D eigenvalue weighted by molar-refractivity contribution is 6.13. The van der Waals surface area contributed by atoms with Gasteiger partial charge in [0.1, 0.15) is 11.2 Å². The van der Waals surface area contributed by atoms with Crippen molar-refractivity contribution < 1.29 is 4.42 Å². The molecule has 10 aromatic rings. The molecule has 0 N–H and O–H groups in total. The number of rotatable bonds is 5. The van der Waals surface area contributed by atoms with Crippen LogP contribution in [0.15, 0.2) is 180 Å². The number of hydrogen-bond acceptors (Lipinski definition) is 4. The Morgan fingerprint density at radius 1 is 0.314 bits per heavy atom. The SMILES string of the molecule is c1ccc(-c2nc(-c3ccccc3)nc(-c3cccc4oc5ccc(-c6cccc(-c7ccc8c(ccc9ccccc98)c7)c6)cc5c34)n2)cc1. The quantitative estimate of drug-likeness (QED) is 0.174. The summed E-state index contributed by atoms with van der Waals surface area (Å²) in [6.07, 6.45) is 0. The van der Waals surface area contributed by atoms with Gasteiger partial charge in [-0.2, -0.15) is 0 Å². The van der Waals surface area contributed by atoms with Crippen LogP contribution in [0.5, 0.6) is 0 Å². The Balaban J connectivity index is 1.10. The molecule has 0 aliphatic heterocycles. The Bertz CT molecular complexity index is 2860. The van der Waals surface area contributed by atoms with E-state index in [0.717, 1.165) is 49.8 Å². The highest BCUT2D eigenvalue weighted by Gasteiger charge is 2.18. The summed E-state index contributed by atoms with van der Waals surface area (Å²) in [5.74, 6) is 1.86. The van der Waals surface area contributed by atoms with Gasteiger partial charge in [0.15, 0.2) is 17.5 Å². The van der Waals surface area contributed by atoms with Crippen molar-refractivity contribution in [2.75, 3.05) is 0 Å². The van der Waals surface area contributed by atoms with Crippen LogP contribution in [0.3, 0.4) is 0 Å². The van der Waals surface area contributed by atoms with E-state index in [0.29, 0.717) is 17.5 Å². The van der Waals surface area contributed by atoms with Crippen LogP contribution in [0.1, 0.15) is 0 Å². The summed E-state index contributed by atoms with van der Waals surface area (Å²) in [5.41, 5.74) is 8.99. The van der Waals surface area contributed by atoms with Crippen molar-refractivity contribution in [2.24, 2.45) is 0 Å². The summed E-state index contributed by atoms with van der Waals surface area (Å²) < 4.78 is 6.43. The molecule has 0 spiro atoms. The van der Waals surface area contributed by atoms with Crippen molar-refractivity contribution in [1.29, 1.82) is 0 Å². The second-order valence-corrected chi connectivity index (χ2v) is 12.8. The standard InChI is InChI=1S/C47H29N3O/c1-3-12-31(13-4-1)45-48-46(32-14-5-2-6-15-32)50-47(49-45)40-19-10-20-43-44(40)41-29-36(24-26-42(41)51-43)34-17-9-16-33(27-34)35-23-25-39-37(28-35)22-21-30-11-7-8-18-38(30)39/h1-29H. The third-order valence-corrected chi connectivity index (χ3v) is 9.71. The topological polar surface area (TPSA) is 51.8 Å². The smallest absolute Gasteiger partial charge is 0.164 e. The fourth-order valence-corrected chi connectivity index (χ4v) is 7.19. The minimum Gasteiger partial charge on any atom is -0.456 e. The van der Waals surface area contributed by atoms with Crippen molar-refractivity contribution >= 4 is 43.5 Å². The summed E-state index contributed by atoms with van der Waals surface area (Å²) in [6, 6.07) is 61.2. The summed E-state index contributed by atoms with van der Waals surface area (Å²) in [4.78, 5) is 15.0. The molecule has 0 saturated carbocycles. The molecule has 2 heterocycles. The molecule has 10 rings (SSSR count). The lowest BCUT2D eigenvalue weighted by Crippen LogP contribution is -2.00. The Kier molecular flexibility index (Phi) is 6.78. The highest BCUT2D eigenvalue weighted by atomic mass is 16.3. The number of fused-ring (bicyclic) bond motifs is 6. The van der Waals surface area contributed by atoms with E-state index >= 15 is 0 Å². The van der Waals surface area contributed by atoms with Crippen LogP contribution < -0.4 is 0 Å². The predicted molar refractivity (Wildman–Crippen MR) is 209 cm³/mol. The molecule has 0 unspecified atom stereocenters. The van der Waals surface area contributed by atoms with Crippen LogP contribution in [0, 0.1) is 0 Å². The van der Waals surface area contributed by atoms with Crippen LogP contribution in [-0.2, 0) is 0 Å². The van der Waals surface area contributed by atoms with E-state index in [-0.39, 0.29) is 0 Å². The second-order valence-electron chi connectivity index (χ2n) is 12.8. The summed E-state index contributed by atoms with van der Waals surface area (Å²) in [7, 11) is 0. The van der Waals surface area contributed by atoms with Crippen molar-refractivity contribution in [2.45, 2.75) is 0 Å². The molecule has 0 bridgehead atoms. The number of furan rings is 1. The summed E-state index contributed by atoms with van der Waals surface area (Å²) in [6.45, 7) is 0. The van der Waals surface area contributed by atoms with Gasteiger partial charge in [0.2, 0.25) is 0 Å². The number of nitrogens with zero attached hydrogens (tertiary/aromatic N) is 3. The van der Waals surface area contributed by atoms with Crippen molar-refractivity contribution in [3.8, 4) is 56.4 Å². The third kappa shape index (κ3) is 5.13. The van der Waals surface area contributed by atoms with Gasteiger partial charge in [-0.15, -0.1) is 0 Å². The molecule has 238 valence electrons. The highest BCUT2D eigenvalue weighted by Crippen LogP contribution is 2.39. The fourth-order valence-electron chi connectivity index (χ4n) is 7.19. The van der Waals surface area contributed by atoms with E-state index < -0.39 is 0 Å². The maximum absolute atomic E-state index is 6.43. The number of hydrogen-bond donors (Lipinski definition) is 0. The molecule has 51 heavy (non-hydrogen) atoms. The van der Waals surface area contributed by atoms with Crippen LogP contribution in [0.2, 0.25) is 0 Å². The van der Waals surface area contributed by atoms with Crippen molar-refractivity contribution in [3.05, 3.63) is 176 Å². The molecule has 4 heteroatoms. The van der Waals surface area contributed by atoms with Gasteiger partial charge in [0, 0.05) is 27.5 Å². The average Bonchev–Trinajstić information content (AvgIpc) is 3.59. The van der Waals surface area contributed by atoms with Crippen LogP contribution in [-0.4, -0.2) is 15.0 Å². The molecule has 0 aliphatic rings. The van der Waals surface area contributed by atoms with E-state index in [1.807, 2.05) is 72.8 Å².